The number of benzene rings is 2. The first kappa shape index (κ1) is 16.6. The molecule has 0 fully saturated rings. The summed E-state index contributed by atoms with van der Waals surface area (Å²) in [4.78, 5) is 12.2. The van der Waals surface area contributed by atoms with Gasteiger partial charge in [0, 0.05) is 4.47 Å². The third-order valence-electron chi connectivity index (χ3n) is 3.03. The van der Waals surface area contributed by atoms with Gasteiger partial charge in [0.2, 0.25) is 0 Å². The van der Waals surface area contributed by atoms with Gasteiger partial charge in [0.05, 0.1) is 21.9 Å². The van der Waals surface area contributed by atoms with Crippen molar-refractivity contribution in [3.05, 3.63) is 58.3 Å². The molecule has 7 heteroatoms. The summed E-state index contributed by atoms with van der Waals surface area (Å²) in [5, 5.41) is 2.45. The monoisotopic (exact) mass is 385 g/mol. The zero-order chi connectivity index (χ0) is 16.3. The SMILES string of the molecule is CCS(=O)(=O)c1ccccc1NC(=O)c1ccc(Br)cc1F. The van der Waals surface area contributed by atoms with Crippen LogP contribution in [0.15, 0.2) is 51.8 Å². The number of para-hydroxylation sites is 1. The maximum absolute atomic E-state index is 13.8. The third-order valence-corrected chi connectivity index (χ3v) is 5.31. The lowest BCUT2D eigenvalue weighted by atomic mass is 10.2. The summed E-state index contributed by atoms with van der Waals surface area (Å²) in [7, 11) is -3.49. The number of halogens is 2. The average molecular weight is 386 g/mol. The van der Waals surface area contributed by atoms with Crippen LogP contribution in [0.5, 0.6) is 0 Å². The van der Waals surface area contributed by atoms with E-state index in [1.807, 2.05) is 0 Å². The Balaban J connectivity index is 2.37. The molecule has 116 valence electrons. The number of carbonyl (C=O) groups excluding carboxylic acids is 1. The molecule has 0 spiro atoms. The van der Waals surface area contributed by atoms with Crippen LogP contribution in [0.25, 0.3) is 0 Å². The molecule has 0 aliphatic heterocycles. The highest BCUT2D eigenvalue weighted by atomic mass is 79.9. The fourth-order valence-corrected chi connectivity index (χ4v) is 3.24. The molecule has 1 amide bonds. The van der Waals surface area contributed by atoms with E-state index in [1.165, 1.54) is 37.3 Å². The van der Waals surface area contributed by atoms with Gasteiger partial charge in [-0.15, -0.1) is 0 Å². The highest BCUT2D eigenvalue weighted by Gasteiger charge is 2.19. The predicted molar refractivity (Wildman–Crippen MR) is 86.2 cm³/mol. The first-order valence-electron chi connectivity index (χ1n) is 6.43. The van der Waals surface area contributed by atoms with E-state index in [-0.39, 0.29) is 21.9 Å². The maximum atomic E-state index is 13.8. The smallest absolute Gasteiger partial charge is 0.258 e. The first-order chi connectivity index (χ1) is 10.3. The zero-order valence-electron chi connectivity index (χ0n) is 11.6. The topological polar surface area (TPSA) is 63.2 Å². The Morgan fingerprint density at radius 2 is 1.91 bits per heavy atom. The van der Waals surface area contributed by atoms with Crippen LogP contribution in [0.4, 0.5) is 10.1 Å². The Bertz CT molecular complexity index is 821. The van der Waals surface area contributed by atoms with Crippen molar-refractivity contribution in [2.24, 2.45) is 0 Å². The quantitative estimate of drug-likeness (QED) is 0.873. The number of sulfone groups is 1. The van der Waals surface area contributed by atoms with Gasteiger partial charge >= 0.3 is 0 Å². The zero-order valence-corrected chi connectivity index (χ0v) is 14.0. The lowest BCUT2D eigenvalue weighted by Gasteiger charge is -2.11. The standard InChI is InChI=1S/C15H13BrFNO3S/c1-2-22(20,21)14-6-4-3-5-13(14)18-15(19)11-8-7-10(16)9-12(11)17/h3-9H,2H2,1H3,(H,18,19). The van der Waals surface area contributed by atoms with Gasteiger partial charge in [0.25, 0.3) is 5.91 Å². The molecular weight excluding hydrogens is 373 g/mol. The van der Waals surface area contributed by atoms with Crippen LogP contribution in [-0.4, -0.2) is 20.1 Å². The number of nitrogens with one attached hydrogen (secondary N) is 1. The van der Waals surface area contributed by atoms with E-state index in [4.69, 9.17) is 0 Å². The van der Waals surface area contributed by atoms with Gasteiger partial charge in [-0.3, -0.25) is 4.79 Å². The van der Waals surface area contributed by atoms with Crippen LogP contribution in [0.2, 0.25) is 0 Å². The summed E-state index contributed by atoms with van der Waals surface area (Å²) in [5.41, 5.74) is -0.0245. The number of hydrogen-bond donors (Lipinski definition) is 1. The van der Waals surface area contributed by atoms with Crippen LogP contribution >= 0.6 is 15.9 Å². The van der Waals surface area contributed by atoms with Crippen LogP contribution in [-0.2, 0) is 9.84 Å². The molecule has 1 N–H and O–H groups in total. The molecule has 4 nitrogen and oxygen atoms in total. The van der Waals surface area contributed by atoms with Crippen molar-refractivity contribution in [2.75, 3.05) is 11.1 Å². The predicted octanol–water partition coefficient (Wildman–Crippen LogP) is 3.63. The Morgan fingerprint density at radius 1 is 1.23 bits per heavy atom. The number of hydrogen-bond acceptors (Lipinski definition) is 3. The van der Waals surface area contributed by atoms with E-state index < -0.39 is 21.6 Å². The van der Waals surface area contributed by atoms with Gasteiger partial charge in [-0.05, 0) is 30.3 Å². The molecule has 2 rings (SSSR count). The lowest BCUT2D eigenvalue weighted by Crippen LogP contribution is -2.16. The largest absolute Gasteiger partial charge is 0.321 e. The van der Waals surface area contributed by atoms with E-state index in [0.29, 0.717) is 4.47 Å². The summed E-state index contributed by atoms with van der Waals surface area (Å²) in [5.74, 6) is -1.49. The molecular formula is C15H13BrFNO3S. The van der Waals surface area contributed by atoms with Gasteiger partial charge in [0.1, 0.15) is 5.82 Å². The highest BCUT2D eigenvalue weighted by Crippen LogP contribution is 2.23. The molecule has 0 aliphatic carbocycles. The minimum Gasteiger partial charge on any atom is -0.321 e. The first-order valence-corrected chi connectivity index (χ1v) is 8.88. The summed E-state index contributed by atoms with van der Waals surface area (Å²) in [6, 6.07) is 10.1. The second-order valence-corrected chi connectivity index (χ2v) is 7.64. The molecule has 0 unspecified atom stereocenters. The van der Waals surface area contributed by atoms with E-state index >= 15 is 0 Å². The molecule has 0 aliphatic rings. The van der Waals surface area contributed by atoms with Crippen molar-refractivity contribution in [3.63, 3.8) is 0 Å². The second kappa shape index (κ2) is 6.58. The molecule has 2 aromatic carbocycles. The number of carbonyl (C=O) groups is 1. The Hall–Kier alpha value is -1.73. The molecule has 0 heterocycles. The minimum atomic E-state index is -3.49. The fraction of sp³-hybridized carbons (Fsp3) is 0.133. The summed E-state index contributed by atoms with van der Waals surface area (Å²) < 4.78 is 38.3. The van der Waals surface area contributed by atoms with E-state index in [2.05, 4.69) is 21.2 Å². The van der Waals surface area contributed by atoms with Gasteiger partial charge in [-0.25, -0.2) is 12.8 Å². The Labute approximate surface area is 136 Å². The lowest BCUT2D eigenvalue weighted by molar-refractivity contribution is 0.102. The summed E-state index contributed by atoms with van der Waals surface area (Å²) in [6.45, 7) is 1.52. The van der Waals surface area contributed by atoms with Crippen LogP contribution in [0, 0.1) is 5.82 Å². The number of rotatable bonds is 4. The van der Waals surface area contributed by atoms with Crippen molar-refractivity contribution in [1.82, 2.24) is 0 Å². The van der Waals surface area contributed by atoms with Gasteiger partial charge in [-0.2, -0.15) is 0 Å². The fourth-order valence-electron chi connectivity index (χ4n) is 1.86. The summed E-state index contributed by atoms with van der Waals surface area (Å²) in [6.07, 6.45) is 0. The highest BCUT2D eigenvalue weighted by molar-refractivity contribution is 9.10. The minimum absolute atomic E-state index is 0.0170. The number of amides is 1. The normalized spacial score (nSPS) is 11.2. The molecule has 22 heavy (non-hydrogen) atoms. The third kappa shape index (κ3) is 3.53. The molecule has 0 saturated carbocycles. The van der Waals surface area contributed by atoms with Crippen molar-refractivity contribution in [1.29, 1.82) is 0 Å². The molecule has 0 saturated heterocycles. The molecule has 0 aromatic heterocycles. The average Bonchev–Trinajstić information content (AvgIpc) is 2.47. The van der Waals surface area contributed by atoms with E-state index in [9.17, 15) is 17.6 Å². The van der Waals surface area contributed by atoms with Crippen molar-refractivity contribution in [3.8, 4) is 0 Å². The number of anilines is 1. The van der Waals surface area contributed by atoms with Crippen molar-refractivity contribution < 1.29 is 17.6 Å². The molecule has 0 radical (unpaired) electrons. The maximum Gasteiger partial charge on any atom is 0.258 e. The van der Waals surface area contributed by atoms with Crippen LogP contribution < -0.4 is 5.32 Å². The molecule has 2 aromatic rings. The van der Waals surface area contributed by atoms with Gasteiger partial charge < -0.3 is 5.32 Å². The van der Waals surface area contributed by atoms with Crippen molar-refractivity contribution in [2.45, 2.75) is 11.8 Å². The van der Waals surface area contributed by atoms with Crippen molar-refractivity contribution >= 4 is 37.4 Å². The summed E-state index contributed by atoms with van der Waals surface area (Å²) >= 11 is 3.11. The second-order valence-electron chi connectivity index (χ2n) is 4.48. The molecule has 0 atom stereocenters. The van der Waals surface area contributed by atoms with E-state index in [0.717, 1.165) is 0 Å². The van der Waals surface area contributed by atoms with Gasteiger partial charge in [-0.1, -0.05) is 35.0 Å². The Kier molecular flexibility index (Phi) is 4.97. The van der Waals surface area contributed by atoms with Crippen LogP contribution in [0.1, 0.15) is 17.3 Å². The van der Waals surface area contributed by atoms with E-state index in [1.54, 1.807) is 12.1 Å². The molecule has 0 bridgehead atoms. The van der Waals surface area contributed by atoms with Crippen LogP contribution in [0.3, 0.4) is 0 Å². The Morgan fingerprint density at radius 3 is 2.55 bits per heavy atom. The van der Waals surface area contributed by atoms with Gasteiger partial charge in [0.15, 0.2) is 9.84 Å².